The van der Waals surface area contributed by atoms with E-state index in [1.165, 1.54) is 0 Å². The van der Waals surface area contributed by atoms with Gasteiger partial charge < -0.3 is 15.3 Å². The number of anilines is 2. The summed E-state index contributed by atoms with van der Waals surface area (Å²) in [7, 11) is 0. The second-order valence-electron chi connectivity index (χ2n) is 4.55. The van der Waals surface area contributed by atoms with Crippen LogP contribution in [0.3, 0.4) is 0 Å². The van der Waals surface area contributed by atoms with Gasteiger partial charge in [0.25, 0.3) is 0 Å². The molecule has 0 atom stereocenters. The molecule has 0 aromatic carbocycles. The summed E-state index contributed by atoms with van der Waals surface area (Å²) in [6.07, 6.45) is 5.31. The summed E-state index contributed by atoms with van der Waals surface area (Å²) in [4.78, 5) is 10.9. The Morgan fingerprint density at radius 1 is 1.39 bits per heavy atom. The van der Waals surface area contributed by atoms with Crippen LogP contribution in [0.15, 0.2) is 12.4 Å². The number of aromatic nitrogens is 2. The molecule has 0 saturated heterocycles. The minimum Gasteiger partial charge on any atom is -0.396 e. The molecule has 18 heavy (non-hydrogen) atoms. The van der Waals surface area contributed by atoms with Gasteiger partial charge in [0.1, 0.15) is 11.6 Å². The van der Waals surface area contributed by atoms with Crippen LogP contribution in [-0.2, 0) is 0 Å². The summed E-state index contributed by atoms with van der Waals surface area (Å²) in [5.74, 6) is 1.67. The van der Waals surface area contributed by atoms with Crippen LogP contribution >= 0.6 is 0 Å². The molecule has 1 aromatic heterocycles. The maximum Gasteiger partial charge on any atom is 0.149 e. The monoisotopic (exact) mass is 252 g/mol. The molecule has 5 nitrogen and oxygen atoms in total. The first-order valence-electron chi connectivity index (χ1n) is 6.62. The van der Waals surface area contributed by atoms with Crippen LogP contribution < -0.4 is 10.2 Å². The van der Waals surface area contributed by atoms with Crippen LogP contribution in [0.25, 0.3) is 0 Å². The van der Waals surface area contributed by atoms with E-state index >= 15 is 0 Å². The van der Waals surface area contributed by atoms with Crippen molar-refractivity contribution >= 4 is 11.6 Å². The minimum atomic E-state index is 0.199. The lowest BCUT2D eigenvalue weighted by molar-refractivity contribution is 0.288. The fraction of sp³-hybridized carbons (Fsp3) is 0.692. The van der Waals surface area contributed by atoms with E-state index in [1.54, 1.807) is 12.4 Å². The molecule has 0 unspecified atom stereocenters. The van der Waals surface area contributed by atoms with Crippen molar-refractivity contribution in [2.24, 2.45) is 0 Å². The fourth-order valence-corrected chi connectivity index (χ4v) is 1.71. The largest absolute Gasteiger partial charge is 0.396 e. The molecule has 0 fully saturated rings. The van der Waals surface area contributed by atoms with E-state index in [0.717, 1.165) is 37.6 Å². The number of rotatable bonds is 8. The van der Waals surface area contributed by atoms with E-state index in [1.807, 2.05) is 0 Å². The van der Waals surface area contributed by atoms with Crippen LogP contribution in [0.1, 0.15) is 33.6 Å². The van der Waals surface area contributed by atoms with Gasteiger partial charge in [-0.15, -0.1) is 0 Å². The van der Waals surface area contributed by atoms with Crippen LogP contribution in [-0.4, -0.2) is 40.8 Å². The highest BCUT2D eigenvalue weighted by molar-refractivity contribution is 5.44. The van der Waals surface area contributed by atoms with Gasteiger partial charge in [-0.05, 0) is 26.7 Å². The zero-order valence-corrected chi connectivity index (χ0v) is 11.6. The Morgan fingerprint density at radius 3 is 2.78 bits per heavy atom. The van der Waals surface area contributed by atoms with E-state index in [9.17, 15) is 0 Å². The SMILES string of the molecule is CCCNc1cncc(N(CCCO)C(C)C)n1. The summed E-state index contributed by atoms with van der Waals surface area (Å²) >= 11 is 0. The molecule has 1 heterocycles. The third-order valence-electron chi connectivity index (χ3n) is 2.65. The molecule has 0 amide bonds. The molecular formula is C13H24N4O. The average Bonchev–Trinajstić information content (AvgIpc) is 2.37. The van der Waals surface area contributed by atoms with E-state index in [2.05, 4.69) is 41.0 Å². The number of aliphatic hydroxyl groups is 1. The van der Waals surface area contributed by atoms with Gasteiger partial charge in [-0.3, -0.25) is 4.98 Å². The summed E-state index contributed by atoms with van der Waals surface area (Å²) < 4.78 is 0. The lowest BCUT2D eigenvalue weighted by atomic mass is 10.3. The van der Waals surface area contributed by atoms with Crippen LogP contribution in [0.2, 0.25) is 0 Å². The van der Waals surface area contributed by atoms with Crippen molar-refractivity contribution < 1.29 is 5.11 Å². The number of hydrogen-bond donors (Lipinski definition) is 2. The summed E-state index contributed by atoms with van der Waals surface area (Å²) in [5, 5.41) is 12.2. The maximum absolute atomic E-state index is 8.94. The van der Waals surface area contributed by atoms with Crippen LogP contribution in [0, 0.1) is 0 Å². The molecule has 5 heteroatoms. The predicted molar refractivity (Wildman–Crippen MR) is 75.0 cm³/mol. The lowest BCUT2D eigenvalue weighted by Gasteiger charge is -2.27. The minimum absolute atomic E-state index is 0.199. The van der Waals surface area contributed by atoms with Gasteiger partial charge in [0, 0.05) is 25.7 Å². The fourth-order valence-electron chi connectivity index (χ4n) is 1.71. The third-order valence-corrected chi connectivity index (χ3v) is 2.65. The normalized spacial score (nSPS) is 10.7. The Morgan fingerprint density at radius 2 is 2.17 bits per heavy atom. The summed E-state index contributed by atoms with van der Waals surface area (Å²) in [5.41, 5.74) is 0. The molecular weight excluding hydrogens is 228 g/mol. The molecule has 102 valence electrons. The van der Waals surface area contributed by atoms with Crippen molar-refractivity contribution in [3.63, 3.8) is 0 Å². The molecule has 1 aromatic rings. The van der Waals surface area contributed by atoms with Gasteiger partial charge >= 0.3 is 0 Å². The van der Waals surface area contributed by atoms with Gasteiger partial charge in [0.05, 0.1) is 12.4 Å². The van der Waals surface area contributed by atoms with Crippen molar-refractivity contribution in [1.29, 1.82) is 0 Å². The Kier molecular flexibility index (Phi) is 6.43. The molecule has 0 saturated carbocycles. The van der Waals surface area contributed by atoms with Crippen molar-refractivity contribution in [3.05, 3.63) is 12.4 Å². The van der Waals surface area contributed by atoms with Gasteiger partial charge in [0.2, 0.25) is 0 Å². The van der Waals surface area contributed by atoms with Crippen molar-refractivity contribution in [2.75, 3.05) is 29.9 Å². The van der Waals surface area contributed by atoms with Crippen LogP contribution in [0.4, 0.5) is 11.6 Å². The number of nitrogens with zero attached hydrogens (tertiary/aromatic N) is 3. The third kappa shape index (κ3) is 4.49. The molecule has 0 spiro atoms. The topological polar surface area (TPSA) is 61.3 Å². The van der Waals surface area contributed by atoms with Gasteiger partial charge in [0.15, 0.2) is 0 Å². The molecule has 0 bridgehead atoms. The van der Waals surface area contributed by atoms with Gasteiger partial charge in [-0.1, -0.05) is 6.92 Å². The van der Waals surface area contributed by atoms with E-state index in [4.69, 9.17) is 5.11 Å². The smallest absolute Gasteiger partial charge is 0.149 e. The van der Waals surface area contributed by atoms with E-state index < -0.39 is 0 Å². The number of hydrogen-bond acceptors (Lipinski definition) is 5. The van der Waals surface area contributed by atoms with Crippen molar-refractivity contribution in [2.45, 2.75) is 39.7 Å². The summed E-state index contributed by atoms with van der Waals surface area (Å²) in [6, 6.07) is 0.340. The lowest BCUT2D eigenvalue weighted by Crippen LogP contribution is -2.33. The number of nitrogens with one attached hydrogen (secondary N) is 1. The van der Waals surface area contributed by atoms with E-state index in [0.29, 0.717) is 6.04 Å². The first-order valence-corrected chi connectivity index (χ1v) is 6.62. The zero-order valence-electron chi connectivity index (χ0n) is 11.6. The first kappa shape index (κ1) is 14.7. The second kappa shape index (κ2) is 7.87. The first-order chi connectivity index (χ1) is 8.69. The Hall–Kier alpha value is -1.36. The quantitative estimate of drug-likeness (QED) is 0.740. The molecule has 0 aliphatic rings. The highest BCUT2D eigenvalue weighted by Crippen LogP contribution is 2.15. The molecule has 0 radical (unpaired) electrons. The van der Waals surface area contributed by atoms with Crippen LogP contribution in [0.5, 0.6) is 0 Å². The zero-order chi connectivity index (χ0) is 13.4. The Bertz CT molecular complexity index is 344. The molecule has 0 aliphatic carbocycles. The second-order valence-corrected chi connectivity index (χ2v) is 4.55. The highest BCUT2D eigenvalue weighted by atomic mass is 16.3. The Labute approximate surface area is 109 Å². The number of aliphatic hydroxyl groups excluding tert-OH is 1. The maximum atomic E-state index is 8.94. The molecule has 0 aliphatic heterocycles. The highest BCUT2D eigenvalue weighted by Gasteiger charge is 2.12. The molecule has 1 rings (SSSR count). The summed E-state index contributed by atoms with van der Waals surface area (Å²) in [6.45, 7) is 8.24. The van der Waals surface area contributed by atoms with Crippen molar-refractivity contribution in [1.82, 2.24) is 9.97 Å². The van der Waals surface area contributed by atoms with Gasteiger partial charge in [-0.2, -0.15) is 0 Å². The average molecular weight is 252 g/mol. The molecule has 2 N–H and O–H groups in total. The predicted octanol–water partition coefficient (Wildman–Crippen LogP) is 1.90. The van der Waals surface area contributed by atoms with E-state index in [-0.39, 0.29) is 6.61 Å². The Balaban J connectivity index is 2.77. The van der Waals surface area contributed by atoms with Gasteiger partial charge in [-0.25, -0.2) is 4.98 Å². The standard InChI is InChI=1S/C13H24N4O/c1-4-6-15-12-9-14-10-13(16-12)17(11(2)3)7-5-8-18/h9-11,18H,4-8H2,1-3H3,(H,15,16). The van der Waals surface area contributed by atoms with Crippen molar-refractivity contribution in [3.8, 4) is 0 Å².